The number of hydrogen-bond acceptors (Lipinski definition) is 2. The molecule has 100 valence electrons. The molecule has 0 aliphatic carbocycles. The molecule has 3 nitrogen and oxygen atoms in total. The lowest BCUT2D eigenvalue weighted by atomic mass is 10.0. The highest BCUT2D eigenvalue weighted by Gasteiger charge is 2.27. The largest absolute Gasteiger partial charge is 0.315 e. The summed E-state index contributed by atoms with van der Waals surface area (Å²) in [7, 11) is 1.77. The van der Waals surface area contributed by atoms with Crippen molar-refractivity contribution in [2.75, 3.05) is 11.9 Å². The van der Waals surface area contributed by atoms with Crippen LogP contribution in [-0.2, 0) is 11.2 Å². The lowest BCUT2D eigenvalue weighted by molar-refractivity contribution is -0.117. The lowest BCUT2D eigenvalue weighted by Crippen LogP contribution is -2.20. The fourth-order valence-electron chi connectivity index (χ4n) is 2.44. The number of nitrogens with zero attached hydrogens (tertiary/aromatic N) is 2. The minimum absolute atomic E-state index is 0.0667. The Morgan fingerprint density at radius 3 is 2.95 bits per heavy atom. The Bertz CT molecular complexity index is 724. The average molecular weight is 285 g/mol. The van der Waals surface area contributed by atoms with E-state index in [1.165, 1.54) is 0 Å². The van der Waals surface area contributed by atoms with Gasteiger partial charge < -0.3 is 4.90 Å². The zero-order valence-corrected chi connectivity index (χ0v) is 11.8. The van der Waals surface area contributed by atoms with Gasteiger partial charge in [-0.05, 0) is 17.7 Å². The monoisotopic (exact) mass is 284 g/mol. The van der Waals surface area contributed by atoms with Gasteiger partial charge in [-0.2, -0.15) is 0 Å². The number of amides is 1. The van der Waals surface area contributed by atoms with Gasteiger partial charge in [0.1, 0.15) is 0 Å². The van der Waals surface area contributed by atoms with Gasteiger partial charge in [-0.1, -0.05) is 30.3 Å². The van der Waals surface area contributed by atoms with Crippen molar-refractivity contribution in [2.45, 2.75) is 6.42 Å². The number of halogens is 1. The summed E-state index contributed by atoms with van der Waals surface area (Å²) < 4.78 is 0. The molecule has 2 heterocycles. The van der Waals surface area contributed by atoms with E-state index < -0.39 is 0 Å². The van der Waals surface area contributed by atoms with Gasteiger partial charge in [0.25, 0.3) is 0 Å². The average Bonchev–Trinajstić information content (AvgIpc) is 2.76. The number of aromatic nitrogens is 1. The molecule has 0 N–H and O–H groups in total. The van der Waals surface area contributed by atoms with Gasteiger partial charge in [0.05, 0.1) is 11.4 Å². The second-order valence-electron chi connectivity index (χ2n) is 4.77. The first kappa shape index (κ1) is 12.9. The zero-order valence-electron chi connectivity index (χ0n) is 11.1. The normalized spacial score (nSPS) is 13.5. The van der Waals surface area contributed by atoms with Crippen molar-refractivity contribution in [2.24, 2.45) is 0 Å². The first-order chi connectivity index (χ1) is 9.61. The Morgan fingerprint density at radius 2 is 2.20 bits per heavy atom. The van der Waals surface area contributed by atoms with Crippen LogP contribution in [0.1, 0.15) is 11.1 Å². The second kappa shape index (κ2) is 4.76. The predicted molar refractivity (Wildman–Crippen MR) is 81.9 cm³/mol. The number of likely N-dealkylation sites (N-methyl/N-ethyl adjacent to an activating group) is 1. The topological polar surface area (TPSA) is 33.2 Å². The van der Waals surface area contributed by atoms with Crippen molar-refractivity contribution >= 4 is 29.3 Å². The van der Waals surface area contributed by atoms with Crippen LogP contribution in [-0.4, -0.2) is 17.9 Å². The summed E-state index contributed by atoms with van der Waals surface area (Å²) in [6.45, 7) is 3.74. The van der Waals surface area contributed by atoms with Crippen LogP contribution < -0.4 is 4.90 Å². The fourth-order valence-corrected chi connectivity index (χ4v) is 2.77. The number of carbonyl (C=O) groups is 1. The summed E-state index contributed by atoms with van der Waals surface area (Å²) in [5, 5.41) is 0.628. The highest BCUT2D eigenvalue weighted by molar-refractivity contribution is 6.35. The van der Waals surface area contributed by atoms with Crippen LogP contribution in [0.25, 0.3) is 17.2 Å². The van der Waals surface area contributed by atoms with Crippen molar-refractivity contribution in [1.29, 1.82) is 0 Å². The summed E-state index contributed by atoms with van der Waals surface area (Å²) in [5.41, 5.74) is 4.53. The molecule has 1 aliphatic heterocycles. The molecule has 0 saturated heterocycles. The van der Waals surface area contributed by atoms with Crippen LogP contribution in [0.3, 0.4) is 0 Å². The maximum atomic E-state index is 11.8. The van der Waals surface area contributed by atoms with E-state index in [-0.39, 0.29) is 5.91 Å². The van der Waals surface area contributed by atoms with Crippen molar-refractivity contribution < 1.29 is 4.79 Å². The van der Waals surface area contributed by atoms with Crippen molar-refractivity contribution in [3.8, 4) is 11.1 Å². The van der Waals surface area contributed by atoms with Crippen LogP contribution in [0.5, 0.6) is 0 Å². The lowest BCUT2D eigenvalue weighted by Gasteiger charge is -2.12. The van der Waals surface area contributed by atoms with E-state index in [2.05, 4.69) is 11.6 Å². The molecular weight excluding hydrogens is 272 g/mol. The molecule has 1 aliphatic rings. The maximum absolute atomic E-state index is 11.8. The Morgan fingerprint density at radius 1 is 1.40 bits per heavy atom. The number of pyridine rings is 1. The number of anilines is 1. The molecule has 0 spiro atoms. The summed E-state index contributed by atoms with van der Waals surface area (Å²) >= 11 is 6.48. The molecule has 1 aromatic heterocycles. The minimum Gasteiger partial charge on any atom is -0.315 e. The van der Waals surface area contributed by atoms with Crippen LogP contribution in [0.15, 0.2) is 37.2 Å². The number of fused-ring (bicyclic) bond motifs is 1. The zero-order chi connectivity index (χ0) is 14.3. The third kappa shape index (κ3) is 1.91. The van der Waals surface area contributed by atoms with Crippen molar-refractivity contribution in [3.63, 3.8) is 0 Å². The van der Waals surface area contributed by atoms with Gasteiger partial charge in [0.15, 0.2) is 0 Å². The molecular formula is C16H13ClN2O. The molecule has 0 radical (unpaired) electrons. The van der Waals surface area contributed by atoms with E-state index in [1.807, 2.05) is 18.2 Å². The van der Waals surface area contributed by atoms with Crippen LogP contribution in [0.2, 0.25) is 5.02 Å². The highest BCUT2D eigenvalue weighted by atomic mass is 35.5. The number of benzene rings is 1. The van der Waals surface area contributed by atoms with Crippen LogP contribution in [0, 0.1) is 0 Å². The molecule has 1 amide bonds. The minimum atomic E-state index is 0.0667. The first-order valence-electron chi connectivity index (χ1n) is 6.27. The molecule has 4 heteroatoms. The summed E-state index contributed by atoms with van der Waals surface area (Å²) in [6.07, 6.45) is 5.61. The van der Waals surface area contributed by atoms with Crippen LogP contribution >= 0.6 is 11.6 Å². The quantitative estimate of drug-likeness (QED) is 0.845. The highest BCUT2D eigenvalue weighted by Crippen LogP contribution is 2.39. The maximum Gasteiger partial charge on any atom is 0.231 e. The molecule has 0 atom stereocenters. The standard InChI is InChI=1S/C16H13ClN2O/c1-3-10-6-11(9-18-8-10)12-4-5-14-13(16(12)17)7-15(20)19(14)2/h3-6,8-9H,1,7H2,2H3. The smallest absolute Gasteiger partial charge is 0.231 e. The molecule has 0 saturated carbocycles. The van der Waals surface area contributed by atoms with E-state index in [9.17, 15) is 4.79 Å². The predicted octanol–water partition coefficient (Wildman–Crippen LogP) is 3.56. The Hall–Kier alpha value is -2.13. The first-order valence-corrected chi connectivity index (χ1v) is 6.65. The SMILES string of the molecule is C=Cc1cncc(-c2ccc3c(c2Cl)CC(=O)N3C)c1. The van der Waals surface area contributed by atoms with E-state index in [4.69, 9.17) is 11.6 Å². The van der Waals surface area contributed by atoms with Gasteiger partial charge in [-0.15, -0.1) is 0 Å². The Kier molecular flexibility index (Phi) is 3.07. The van der Waals surface area contributed by atoms with Gasteiger partial charge in [0, 0.05) is 41.8 Å². The molecule has 0 fully saturated rings. The second-order valence-corrected chi connectivity index (χ2v) is 5.14. The summed E-state index contributed by atoms with van der Waals surface area (Å²) in [5.74, 6) is 0.0667. The van der Waals surface area contributed by atoms with E-state index in [0.29, 0.717) is 11.4 Å². The fraction of sp³-hybridized carbons (Fsp3) is 0.125. The third-order valence-corrected chi connectivity index (χ3v) is 4.02. The van der Waals surface area contributed by atoms with Gasteiger partial charge in [-0.3, -0.25) is 9.78 Å². The Balaban J connectivity index is 2.15. The van der Waals surface area contributed by atoms with Gasteiger partial charge in [0.2, 0.25) is 5.91 Å². The molecule has 0 bridgehead atoms. The molecule has 2 aromatic rings. The summed E-state index contributed by atoms with van der Waals surface area (Å²) in [6, 6.07) is 5.84. The van der Waals surface area contributed by atoms with Gasteiger partial charge in [-0.25, -0.2) is 0 Å². The summed E-state index contributed by atoms with van der Waals surface area (Å²) in [4.78, 5) is 17.6. The van der Waals surface area contributed by atoms with Crippen LogP contribution in [0.4, 0.5) is 5.69 Å². The molecule has 20 heavy (non-hydrogen) atoms. The van der Waals surface area contributed by atoms with Gasteiger partial charge >= 0.3 is 0 Å². The van der Waals surface area contributed by atoms with Crippen molar-refractivity contribution in [1.82, 2.24) is 4.98 Å². The van der Waals surface area contributed by atoms with Crippen molar-refractivity contribution in [3.05, 3.63) is 53.3 Å². The molecule has 0 unspecified atom stereocenters. The van der Waals surface area contributed by atoms with E-state index in [1.54, 1.807) is 30.4 Å². The molecule has 1 aromatic carbocycles. The molecule has 3 rings (SSSR count). The number of carbonyl (C=O) groups excluding carboxylic acids is 1. The number of hydrogen-bond donors (Lipinski definition) is 0. The third-order valence-electron chi connectivity index (χ3n) is 3.59. The number of rotatable bonds is 2. The van der Waals surface area contributed by atoms with E-state index in [0.717, 1.165) is 27.9 Å². The van der Waals surface area contributed by atoms with E-state index >= 15 is 0 Å². The Labute approximate surface area is 122 Å².